The Balaban J connectivity index is 0.00000650. The maximum Gasteiger partial charge on any atom is 0.397 e. The van der Waals surface area contributed by atoms with E-state index in [9.17, 15) is 58.6 Å². The van der Waals surface area contributed by atoms with Gasteiger partial charge in [0.05, 0.1) is 19.3 Å². The Hall–Kier alpha value is -3.64. The molecule has 2 aliphatic rings. The average Bonchev–Trinajstić information content (AvgIpc) is 3.02. The SMILES string of the molecule is C[C@@H]1O[C@@H](OC[C@H]2O[C@@H](OCCc3ccc(O)c(O)c3)[C@H](O)[C@@H](O)[C@@H]2OC(=O)/C=C/c2ccc(O)c(O)c2)[C@H](OS(=O)(=O)O)[C@H](O)[C@H]1O.N. The smallest absolute Gasteiger partial charge is 0.397 e. The van der Waals surface area contributed by atoms with Crippen LogP contribution >= 0.6 is 0 Å². The molecular weight excluding hydrogens is 682 g/mol. The molecule has 2 saturated heterocycles. The number of benzene rings is 2. The molecule has 2 heterocycles. The molecule has 0 unspecified atom stereocenters. The molecule has 0 aliphatic carbocycles. The summed E-state index contributed by atoms with van der Waals surface area (Å²) in [6, 6.07) is 7.76. The zero-order valence-corrected chi connectivity index (χ0v) is 26.6. The first-order valence-corrected chi connectivity index (χ1v) is 15.7. The fraction of sp³-hybridized carbons (Fsp3) is 0.483. The highest BCUT2D eigenvalue weighted by Crippen LogP contribution is 2.30. The summed E-state index contributed by atoms with van der Waals surface area (Å²) in [5.41, 5.74) is 0.818. The summed E-state index contributed by atoms with van der Waals surface area (Å²) in [6.45, 7) is 0.485. The van der Waals surface area contributed by atoms with Crippen LogP contribution in [0.15, 0.2) is 42.5 Å². The Morgan fingerprint density at radius 3 is 2.08 bits per heavy atom. The van der Waals surface area contributed by atoms with Gasteiger partial charge in [0, 0.05) is 6.08 Å². The summed E-state index contributed by atoms with van der Waals surface area (Å²) in [5, 5.41) is 80.7. The second-order valence-corrected chi connectivity index (χ2v) is 12.0. The van der Waals surface area contributed by atoms with Gasteiger partial charge < -0.3 is 70.7 Å². The van der Waals surface area contributed by atoms with Gasteiger partial charge in [-0.25, -0.2) is 8.98 Å². The second-order valence-electron chi connectivity index (χ2n) is 11.0. The van der Waals surface area contributed by atoms with Crippen molar-refractivity contribution in [2.45, 2.75) is 74.8 Å². The third-order valence-corrected chi connectivity index (χ3v) is 7.92. The molecule has 0 amide bonds. The second kappa shape index (κ2) is 16.8. The molecule has 274 valence electrons. The van der Waals surface area contributed by atoms with Crippen molar-refractivity contribution in [3.8, 4) is 23.0 Å². The van der Waals surface area contributed by atoms with Crippen LogP contribution in [-0.2, 0) is 49.5 Å². The minimum Gasteiger partial charge on any atom is -0.504 e. The Kier molecular flexibility index (Phi) is 13.7. The number of phenolic OH excluding ortho intramolecular Hbond substituents is 4. The van der Waals surface area contributed by atoms with E-state index in [4.69, 9.17) is 23.7 Å². The van der Waals surface area contributed by atoms with E-state index in [1.807, 2.05) is 0 Å². The van der Waals surface area contributed by atoms with Crippen molar-refractivity contribution in [1.82, 2.24) is 6.15 Å². The first kappa shape index (κ1) is 39.8. The third-order valence-electron chi connectivity index (χ3n) is 7.46. The van der Waals surface area contributed by atoms with Crippen molar-refractivity contribution < 1.29 is 86.5 Å². The van der Waals surface area contributed by atoms with E-state index in [-0.39, 0.29) is 36.2 Å². The Morgan fingerprint density at radius 2 is 1.45 bits per heavy atom. The van der Waals surface area contributed by atoms with E-state index >= 15 is 0 Å². The van der Waals surface area contributed by atoms with Crippen LogP contribution in [0.2, 0.25) is 0 Å². The van der Waals surface area contributed by atoms with Gasteiger partial charge in [-0.05, 0) is 54.8 Å². The molecular formula is C29H39NO18S. The molecule has 2 aliphatic heterocycles. The summed E-state index contributed by atoms with van der Waals surface area (Å²) in [6.07, 6.45) is -14.5. The standard InChI is InChI=1S/C29H36O18S.H3N/c1-13-22(35)23(36)27(47-48(39,40)41)29(44-13)43-12-20-26(46-21(34)7-4-14-2-5-16(30)18(32)10-14)24(37)25(38)28(45-20)42-9-8-15-3-6-17(31)19(33)11-15;/h2-7,10-11,13,20,22-33,35-38H,8-9,12H2,1H3,(H,39,40,41);1H3/b7-4+;/t13-,20+,22-,23+,24+,25+,26+,27+,28+,29+;/m0./s1. The number of aromatic hydroxyl groups is 4. The van der Waals surface area contributed by atoms with E-state index in [0.29, 0.717) is 5.56 Å². The van der Waals surface area contributed by atoms with Crippen LogP contribution in [0.25, 0.3) is 6.08 Å². The lowest BCUT2D eigenvalue weighted by atomic mass is 9.98. The maximum atomic E-state index is 12.8. The molecule has 0 aromatic heterocycles. The molecule has 0 radical (unpaired) electrons. The lowest BCUT2D eigenvalue weighted by molar-refractivity contribution is -0.326. The summed E-state index contributed by atoms with van der Waals surface area (Å²) in [7, 11) is -5.19. The number of hydrogen-bond donors (Lipinski definition) is 10. The van der Waals surface area contributed by atoms with Gasteiger partial charge in [-0.1, -0.05) is 12.1 Å². The number of rotatable bonds is 12. The Labute approximate surface area is 279 Å². The fourth-order valence-electron chi connectivity index (χ4n) is 4.89. The average molecular weight is 722 g/mol. The lowest BCUT2D eigenvalue weighted by Crippen LogP contribution is -2.62. The van der Waals surface area contributed by atoms with Gasteiger partial charge in [0.15, 0.2) is 47.8 Å². The normalized spacial score (nSPS) is 30.5. The summed E-state index contributed by atoms with van der Waals surface area (Å²) in [4.78, 5) is 12.8. The van der Waals surface area contributed by atoms with Gasteiger partial charge in [-0.2, -0.15) is 8.42 Å². The third kappa shape index (κ3) is 10.4. The highest BCUT2D eigenvalue weighted by atomic mass is 32.3. The molecule has 2 fully saturated rings. The van der Waals surface area contributed by atoms with Crippen LogP contribution in [0, 0.1) is 0 Å². The Bertz CT molecular complexity index is 1560. The van der Waals surface area contributed by atoms with Crippen LogP contribution < -0.4 is 6.15 Å². The minimum absolute atomic E-state index is 0. The van der Waals surface area contributed by atoms with Gasteiger partial charge in [0.25, 0.3) is 0 Å². The molecule has 0 bridgehead atoms. The van der Waals surface area contributed by atoms with Crippen molar-refractivity contribution in [2.75, 3.05) is 13.2 Å². The zero-order valence-electron chi connectivity index (χ0n) is 25.8. The molecule has 20 heteroatoms. The zero-order chi connectivity index (χ0) is 35.3. The van der Waals surface area contributed by atoms with E-state index in [0.717, 1.165) is 12.1 Å². The molecule has 2 aromatic rings. The molecule has 49 heavy (non-hydrogen) atoms. The van der Waals surface area contributed by atoms with E-state index in [1.165, 1.54) is 43.3 Å². The van der Waals surface area contributed by atoms with Crippen LogP contribution in [0.4, 0.5) is 0 Å². The van der Waals surface area contributed by atoms with Crippen molar-refractivity contribution in [2.24, 2.45) is 0 Å². The predicted octanol–water partition coefficient (Wildman–Crippen LogP) is -1.03. The van der Waals surface area contributed by atoms with Gasteiger partial charge in [0.2, 0.25) is 0 Å². The monoisotopic (exact) mass is 721 g/mol. The lowest BCUT2D eigenvalue weighted by Gasteiger charge is -2.43. The van der Waals surface area contributed by atoms with Crippen LogP contribution in [0.1, 0.15) is 18.1 Å². The molecule has 0 saturated carbocycles. The van der Waals surface area contributed by atoms with E-state index in [1.54, 1.807) is 0 Å². The van der Waals surface area contributed by atoms with Crippen molar-refractivity contribution in [3.63, 3.8) is 0 Å². The molecule has 2 aromatic carbocycles. The molecule has 19 nitrogen and oxygen atoms in total. The number of carbonyl (C=O) groups excluding carboxylic acids is 1. The molecule has 0 spiro atoms. The number of phenols is 4. The highest BCUT2D eigenvalue weighted by molar-refractivity contribution is 7.80. The molecule has 4 rings (SSSR count). The quantitative estimate of drug-likeness (QED) is 0.0542. The topological polar surface area (TPSA) is 324 Å². The number of ether oxygens (including phenoxy) is 5. The fourth-order valence-corrected chi connectivity index (χ4v) is 5.38. The minimum atomic E-state index is -5.19. The summed E-state index contributed by atoms with van der Waals surface area (Å²) < 4.78 is 64.3. The first-order chi connectivity index (χ1) is 22.5. The predicted molar refractivity (Wildman–Crippen MR) is 163 cm³/mol. The molecule has 10 atom stereocenters. The largest absolute Gasteiger partial charge is 0.504 e. The summed E-state index contributed by atoms with van der Waals surface area (Å²) in [5.74, 6) is -2.62. The maximum absolute atomic E-state index is 12.8. The van der Waals surface area contributed by atoms with Crippen LogP contribution in [-0.4, -0.2) is 134 Å². The van der Waals surface area contributed by atoms with Gasteiger partial charge in [-0.3, -0.25) is 4.55 Å². The van der Waals surface area contributed by atoms with Gasteiger partial charge in [-0.15, -0.1) is 0 Å². The number of aliphatic hydroxyl groups is 4. The van der Waals surface area contributed by atoms with Gasteiger partial charge in [0.1, 0.15) is 30.5 Å². The van der Waals surface area contributed by atoms with Crippen LogP contribution in [0.3, 0.4) is 0 Å². The number of aliphatic hydroxyl groups excluding tert-OH is 4. The number of esters is 1. The first-order valence-electron chi connectivity index (χ1n) is 14.4. The number of carbonyl (C=O) groups is 1. The van der Waals surface area contributed by atoms with Crippen molar-refractivity contribution >= 4 is 22.4 Å². The Morgan fingerprint density at radius 1 is 0.816 bits per heavy atom. The van der Waals surface area contributed by atoms with E-state index in [2.05, 4.69) is 4.18 Å². The van der Waals surface area contributed by atoms with Crippen molar-refractivity contribution in [1.29, 1.82) is 0 Å². The van der Waals surface area contributed by atoms with Gasteiger partial charge >= 0.3 is 16.4 Å². The highest BCUT2D eigenvalue weighted by Gasteiger charge is 2.50. The van der Waals surface area contributed by atoms with E-state index < -0.39 is 95.9 Å². The molecule has 12 N–H and O–H groups in total. The van der Waals surface area contributed by atoms with Crippen LogP contribution in [0.5, 0.6) is 23.0 Å². The summed E-state index contributed by atoms with van der Waals surface area (Å²) >= 11 is 0. The number of hydrogen-bond acceptors (Lipinski definition) is 18. The van der Waals surface area contributed by atoms with Crippen molar-refractivity contribution in [3.05, 3.63) is 53.6 Å².